The molecule has 0 aliphatic carbocycles. The van der Waals surface area contributed by atoms with E-state index < -0.39 is 10.0 Å². The van der Waals surface area contributed by atoms with Crippen LogP contribution in [-0.2, 0) is 19.5 Å². The topological polar surface area (TPSA) is 92.3 Å². The number of sulfonamides is 1. The van der Waals surface area contributed by atoms with Crippen LogP contribution in [0.4, 0.5) is 0 Å². The fourth-order valence-electron chi connectivity index (χ4n) is 3.53. The summed E-state index contributed by atoms with van der Waals surface area (Å²) >= 11 is 0. The molecule has 2 N–H and O–H groups in total. The molecule has 2 fully saturated rings. The number of hydrogen-bond donors (Lipinski definition) is 2. The summed E-state index contributed by atoms with van der Waals surface area (Å²) in [6, 6.07) is 0.254. The zero-order valence-corrected chi connectivity index (χ0v) is 21.0. The number of halogens is 1. The summed E-state index contributed by atoms with van der Waals surface area (Å²) in [6.07, 6.45) is 5.47. The van der Waals surface area contributed by atoms with Crippen LogP contribution >= 0.6 is 24.0 Å². The van der Waals surface area contributed by atoms with Crippen LogP contribution in [0.15, 0.2) is 4.99 Å². The first-order valence-electron chi connectivity index (χ1n) is 10.8. The monoisotopic (exact) mass is 546 g/mol. The predicted octanol–water partition coefficient (Wildman–Crippen LogP) is 1.95. The summed E-state index contributed by atoms with van der Waals surface area (Å²) in [5.41, 5.74) is 0. The summed E-state index contributed by atoms with van der Waals surface area (Å²) in [7, 11) is -3.09. The zero-order valence-electron chi connectivity index (χ0n) is 17.9. The Morgan fingerprint density at radius 2 is 1.86 bits per heavy atom. The van der Waals surface area contributed by atoms with Gasteiger partial charge in [0.05, 0.1) is 11.9 Å². The van der Waals surface area contributed by atoms with Crippen molar-refractivity contribution in [3.8, 4) is 0 Å². The molecular weight excluding hydrogens is 507 g/mol. The summed E-state index contributed by atoms with van der Waals surface area (Å²) in [4.78, 5) is 4.65. The Bertz CT molecular complexity index is 563. The molecule has 2 rings (SSSR count). The van der Waals surface area contributed by atoms with Crippen LogP contribution in [-0.4, -0.2) is 82.6 Å². The van der Waals surface area contributed by atoms with Crippen LogP contribution in [0.3, 0.4) is 0 Å². The molecule has 0 aromatic rings. The minimum absolute atomic E-state index is 0. The number of rotatable bonds is 10. The molecule has 2 heterocycles. The lowest BCUT2D eigenvalue weighted by Gasteiger charge is -2.32. The minimum Gasteiger partial charge on any atom is -0.381 e. The van der Waals surface area contributed by atoms with Crippen LogP contribution in [0.25, 0.3) is 0 Å². The first kappa shape index (κ1) is 26.9. The first-order valence-corrected chi connectivity index (χ1v) is 12.4. The van der Waals surface area contributed by atoms with Gasteiger partial charge in [-0.25, -0.2) is 12.7 Å². The molecule has 0 aromatic heterocycles. The smallest absolute Gasteiger partial charge is 0.214 e. The van der Waals surface area contributed by atoms with Gasteiger partial charge in [-0.2, -0.15) is 0 Å². The number of hydrogen-bond acceptors (Lipinski definition) is 5. The van der Waals surface area contributed by atoms with Gasteiger partial charge in [0, 0.05) is 52.0 Å². The van der Waals surface area contributed by atoms with Gasteiger partial charge in [-0.05, 0) is 45.4 Å². The van der Waals surface area contributed by atoms with E-state index in [-0.39, 0.29) is 35.8 Å². The van der Waals surface area contributed by atoms with E-state index in [1.807, 2.05) is 13.8 Å². The van der Waals surface area contributed by atoms with Crippen molar-refractivity contribution in [2.24, 2.45) is 4.99 Å². The van der Waals surface area contributed by atoms with Gasteiger partial charge < -0.3 is 20.1 Å². The highest BCUT2D eigenvalue weighted by molar-refractivity contribution is 14.0. The third kappa shape index (κ3) is 10.1. The Morgan fingerprint density at radius 1 is 1.17 bits per heavy atom. The summed E-state index contributed by atoms with van der Waals surface area (Å²) < 4.78 is 37.2. The molecule has 0 spiro atoms. The molecule has 0 bridgehead atoms. The second kappa shape index (κ2) is 14.8. The van der Waals surface area contributed by atoms with Gasteiger partial charge in [0.1, 0.15) is 0 Å². The minimum atomic E-state index is -3.09. The van der Waals surface area contributed by atoms with Gasteiger partial charge in [0.25, 0.3) is 0 Å². The Kier molecular flexibility index (Phi) is 13.7. The van der Waals surface area contributed by atoms with Gasteiger partial charge in [0.2, 0.25) is 10.0 Å². The van der Waals surface area contributed by atoms with E-state index in [0.29, 0.717) is 32.2 Å². The van der Waals surface area contributed by atoms with Crippen molar-refractivity contribution in [2.45, 2.75) is 64.5 Å². The molecule has 0 radical (unpaired) electrons. The Hall–Kier alpha value is -0.170. The normalized spacial score (nSPS) is 20.3. The fourth-order valence-corrected chi connectivity index (χ4v) is 5.07. The summed E-state index contributed by atoms with van der Waals surface area (Å²) in [5.74, 6) is 1.05. The molecule has 2 aliphatic heterocycles. The zero-order chi connectivity index (χ0) is 20.2. The van der Waals surface area contributed by atoms with Crippen LogP contribution in [0.1, 0.15) is 52.4 Å². The molecule has 10 heteroatoms. The lowest BCUT2D eigenvalue weighted by molar-refractivity contribution is -0.0318. The van der Waals surface area contributed by atoms with Crippen LogP contribution in [0.5, 0.6) is 0 Å². The van der Waals surface area contributed by atoms with Crippen LogP contribution in [0, 0.1) is 0 Å². The van der Waals surface area contributed by atoms with Crippen molar-refractivity contribution < 1.29 is 17.9 Å². The highest BCUT2D eigenvalue weighted by Crippen LogP contribution is 2.15. The second-order valence-corrected chi connectivity index (χ2v) is 9.52. The van der Waals surface area contributed by atoms with Gasteiger partial charge in [0.15, 0.2) is 5.96 Å². The molecule has 0 aromatic carbocycles. The first-order chi connectivity index (χ1) is 13.5. The predicted molar refractivity (Wildman–Crippen MR) is 128 cm³/mol. The molecule has 8 nitrogen and oxygen atoms in total. The standard InChI is InChI=1S/C19H38N4O4S.HI/c1-3-16-28(24,25)23-11-6-17(7-12-23)22-19(20-4-2)21-10-5-13-27-18-8-14-26-15-9-18;/h17-18H,3-16H2,1-2H3,(H2,20,21,22);1H. The van der Waals surface area contributed by atoms with Gasteiger partial charge in [-0.3, -0.25) is 4.99 Å². The van der Waals surface area contributed by atoms with Gasteiger partial charge >= 0.3 is 0 Å². The maximum absolute atomic E-state index is 12.2. The molecular formula is C19H39IN4O4S. The number of guanidine groups is 1. The average Bonchev–Trinajstić information content (AvgIpc) is 2.69. The number of ether oxygens (including phenoxy) is 2. The van der Waals surface area contributed by atoms with Crippen molar-refractivity contribution in [1.29, 1.82) is 0 Å². The third-order valence-corrected chi connectivity index (χ3v) is 7.16. The van der Waals surface area contributed by atoms with Gasteiger partial charge in [-0.15, -0.1) is 24.0 Å². The van der Waals surface area contributed by atoms with Crippen molar-refractivity contribution in [2.75, 3.05) is 51.8 Å². The highest BCUT2D eigenvalue weighted by Gasteiger charge is 2.27. The van der Waals surface area contributed by atoms with Gasteiger partial charge in [-0.1, -0.05) is 6.92 Å². The number of piperidine rings is 1. The maximum Gasteiger partial charge on any atom is 0.214 e. The van der Waals surface area contributed by atoms with Crippen molar-refractivity contribution >= 4 is 40.0 Å². The molecule has 0 saturated carbocycles. The van der Waals surface area contributed by atoms with E-state index in [9.17, 15) is 8.42 Å². The van der Waals surface area contributed by atoms with E-state index >= 15 is 0 Å². The molecule has 0 atom stereocenters. The highest BCUT2D eigenvalue weighted by atomic mass is 127. The van der Waals surface area contributed by atoms with Crippen molar-refractivity contribution in [3.63, 3.8) is 0 Å². The van der Waals surface area contributed by atoms with E-state index in [2.05, 4.69) is 15.6 Å². The second-order valence-electron chi connectivity index (χ2n) is 7.43. The van der Waals surface area contributed by atoms with E-state index in [1.54, 1.807) is 4.31 Å². The fraction of sp³-hybridized carbons (Fsp3) is 0.947. The van der Waals surface area contributed by atoms with E-state index in [0.717, 1.165) is 64.4 Å². The Balaban J connectivity index is 0.00000420. The number of nitrogens with zero attached hydrogens (tertiary/aromatic N) is 2. The van der Waals surface area contributed by atoms with Crippen molar-refractivity contribution in [1.82, 2.24) is 14.9 Å². The molecule has 2 saturated heterocycles. The quantitative estimate of drug-likeness (QED) is 0.189. The number of nitrogens with one attached hydrogen (secondary N) is 2. The molecule has 2 aliphatic rings. The average molecular weight is 547 g/mol. The summed E-state index contributed by atoms with van der Waals surface area (Å²) in [6.45, 7) is 8.95. The van der Waals surface area contributed by atoms with Crippen molar-refractivity contribution in [3.05, 3.63) is 0 Å². The Morgan fingerprint density at radius 3 is 2.48 bits per heavy atom. The SMILES string of the molecule is CCCS(=O)(=O)N1CCC(NC(=NCCCOC2CCOCC2)NCC)CC1.I. The number of aliphatic imine (C=N–C) groups is 1. The largest absolute Gasteiger partial charge is 0.381 e. The van der Waals surface area contributed by atoms with Crippen LogP contribution < -0.4 is 10.6 Å². The van der Waals surface area contributed by atoms with E-state index in [1.165, 1.54) is 0 Å². The van der Waals surface area contributed by atoms with Crippen LogP contribution in [0.2, 0.25) is 0 Å². The lowest BCUT2D eigenvalue weighted by Crippen LogP contribution is -2.50. The Labute approximate surface area is 193 Å². The maximum atomic E-state index is 12.2. The third-order valence-electron chi connectivity index (χ3n) is 5.09. The molecule has 29 heavy (non-hydrogen) atoms. The molecule has 0 amide bonds. The van der Waals surface area contributed by atoms with E-state index in [4.69, 9.17) is 9.47 Å². The molecule has 172 valence electrons. The summed E-state index contributed by atoms with van der Waals surface area (Å²) in [5, 5.41) is 6.74. The lowest BCUT2D eigenvalue weighted by atomic mass is 10.1. The molecule has 0 unspecified atom stereocenters.